The minimum atomic E-state index is -0.527. The molecule has 20 heavy (non-hydrogen) atoms. The zero-order valence-corrected chi connectivity index (χ0v) is 12.3. The Morgan fingerprint density at radius 1 is 1.50 bits per heavy atom. The molecule has 0 saturated heterocycles. The van der Waals surface area contributed by atoms with Crippen molar-refractivity contribution in [3.8, 4) is 0 Å². The first-order chi connectivity index (χ1) is 9.52. The summed E-state index contributed by atoms with van der Waals surface area (Å²) < 4.78 is 0. The van der Waals surface area contributed by atoms with E-state index in [1.165, 1.54) is 4.88 Å². The third-order valence-electron chi connectivity index (χ3n) is 3.03. The van der Waals surface area contributed by atoms with E-state index < -0.39 is 5.91 Å². The molecule has 0 saturated carbocycles. The van der Waals surface area contributed by atoms with E-state index in [9.17, 15) is 4.79 Å². The van der Waals surface area contributed by atoms with Crippen LogP contribution in [0.25, 0.3) is 0 Å². The maximum Gasteiger partial charge on any atom is 0.250 e. The molecule has 106 valence electrons. The van der Waals surface area contributed by atoms with E-state index in [1.807, 2.05) is 19.2 Å². The molecule has 1 amide bonds. The van der Waals surface area contributed by atoms with Gasteiger partial charge in [0.05, 0.1) is 23.0 Å². The summed E-state index contributed by atoms with van der Waals surface area (Å²) in [6.07, 6.45) is 2.87. The van der Waals surface area contributed by atoms with Crippen molar-refractivity contribution in [3.63, 3.8) is 0 Å². The number of carbonyl (C=O) groups excluding carboxylic acids is 1. The van der Waals surface area contributed by atoms with Crippen molar-refractivity contribution in [2.75, 3.05) is 11.1 Å². The molecule has 6 heteroatoms. The molecule has 5 nitrogen and oxygen atoms in total. The standard InChI is InChI=1S/C14H18N4OS/c1-3-9-7-17-14(20-9)8(2)18-11-6-4-5-10(12(11)15)13(16)19/h4-8,18H,3,15H2,1-2H3,(H2,16,19). The Labute approximate surface area is 122 Å². The SMILES string of the molecule is CCc1cnc(C(C)Nc2cccc(C(N)=O)c2N)s1. The number of benzene rings is 1. The lowest BCUT2D eigenvalue weighted by Gasteiger charge is -2.16. The third kappa shape index (κ3) is 2.91. The van der Waals surface area contributed by atoms with Crippen LogP contribution in [0.2, 0.25) is 0 Å². The number of para-hydroxylation sites is 1. The molecular formula is C14H18N4OS. The fraction of sp³-hybridized carbons (Fsp3) is 0.286. The second-order valence-corrected chi connectivity index (χ2v) is 5.66. The van der Waals surface area contributed by atoms with Crippen molar-refractivity contribution in [1.82, 2.24) is 4.98 Å². The van der Waals surface area contributed by atoms with Gasteiger partial charge in [-0.1, -0.05) is 13.0 Å². The van der Waals surface area contributed by atoms with Gasteiger partial charge in [-0.3, -0.25) is 4.79 Å². The molecule has 0 spiro atoms. The average Bonchev–Trinajstić information content (AvgIpc) is 2.89. The summed E-state index contributed by atoms with van der Waals surface area (Å²) in [6, 6.07) is 5.22. The number of thiazole rings is 1. The van der Waals surface area contributed by atoms with Gasteiger partial charge in [0.25, 0.3) is 5.91 Å². The number of aryl methyl sites for hydroxylation is 1. The quantitative estimate of drug-likeness (QED) is 0.738. The lowest BCUT2D eigenvalue weighted by molar-refractivity contribution is 0.100. The van der Waals surface area contributed by atoms with Crippen LogP contribution in [0.15, 0.2) is 24.4 Å². The zero-order valence-electron chi connectivity index (χ0n) is 11.5. The number of nitrogens with zero attached hydrogens (tertiary/aromatic N) is 1. The predicted molar refractivity (Wildman–Crippen MR) is 82.9 cm³/mol. The molecule has 0 radical (unpaired) electrons. The monoisotopic (exact) mass is 290 g/mol. The van der Waals surface area contributed by atoms with Crippen LogP contribution in [0, 0.1) is 0 Å². The van der Waals surface area contributed by atoms with Crippen LogP contribution < -0.4 is 16.8 Å². The molecule has 0 aliphatic heterocycles. The summed E-state index contributed by atoms with van der Waals surface area (Å²) in [4.78, 5) is 16.9. The molecule has 0 aliphatic rings. The van der Waals surface area contributed by atoms with E-state index in [-0.39, 0.29) is 6.04 Å². The summed E-state index contributed by atoms with van der Waals surface area (Å²) in [5.41, 5.74) is 12.7. The number of nitrogens with one attached hydrogen (secondary N) is 1. The van der Waals surface area contributed by atoms with Crippen LogP contribution in [0.1, 0.15) is 40.1 Å². The smallest absolute Gasteiger partial charge is 0.250 e. The summed E-state index contributed by atoms with van der Waals surface area (Å²) in [5, 5.41) is 4.27. The highest BCUT2D eigenvalue weighted by Crippen LogP contribution is 2.28. The van der Waals surface area contributed by atoms with Gasteiger partial charge in [0, 0.05) is 11.1 Å². The lowest BCUT2D eigenvalue weighted by Crippen LogP contribution is -2.15. The molecule has 1 atom stereocenters. The largest absolute Gasteiger partial charge is 0.396 e. The van der Waals surface area contributed by atoms with E-state index in [0.717, 1.165) is 11.4 Å². The lowest BCUT2D eigenvalue weighted by atomic mass is 10.1. The molecule has 1 unspecified atom stereocenters. The molecule has 0 aliphatic carbocycles. The van der Waals surface area contributed by atoms with E-state index in [0.29, 0.717) is 16.9 Å². The van der Waals surface area contributed by atoms with Gasteiger partial charge in [-0.15, -0.1) is 11.3 Å². The van der Waals surface area contributed by atoms with E-state index >= 15 is 0 Å². The van der Waals surface area contributed by atoms with Gasteiger partial charge >= 0.3 is 0 Å². The number of primary amides is 1. The molecule has 5 N–H and O–H groups in total. The van der Waals surface area contributed by atoms with Crippen molar-refractivity contribution in [1.29, 1.82) is 0 Å². The van der Waals surface area contributed by atoms with Crippen LogP contribution in [0.3, 0.4) is 0 Å². The van der Waals surface area contributed by atoms with Gasteiger partial charge in [-0.25, -0.2) is 4.98 Å². The number of nitrogen functional groups attached to an aromatic ring is 1. The van der Waals surface area contributed by atoms with Gasteiger partial charge in [0.15, 0.2) is 0 Å². The average molecular weight is 290 g/mol. The zero-order chi connectivity index (χ0) is 14.7. The molecule has 0 fully saturated rings. The van der Waals surface area contributed by atoms with Crippen LogP contribution in [-0.2, 0) is 6.42 Å². The van der Waals surface area contributed by atoms with Crippen molar-refractivity contribution >= 4 is 28.6 Å². The molecule has 0 bridgehead atoms. The highest BCUT2D eigenvalue weighted by atomic mass is 32.1. The summed E-state index contributed by atoms with van der Waals surface area (Å²) in [5.74, 6) is -0.527. The Balaban J connectivity index is 2.21. The predicted octanol–water partition coefficient (Wildman–Crippen LogP) is 2.56. The van der Waals surface area contributed by atoms with Gasteiger partial charge in [-0.05, 0) is 25.5 Å². The van der Waals surface area contributed by atoms with Crippen molar-refractivity contribution in [3.05, 3.63) is 39.8 Å². The Bertz CT molecular complexity index is 623. The highest BCUT2D eigenvalue weighted by Gasteiger charge is 2.14. The topological polar surface area (TPSA) is 94.0 Å². The second kappa shape index (κ2) is 5.92. The second-order valence-electron chi connectivity index (χ2n) is 4.52. The Morgan fingerprint density at radius 2 is 2.25 bits per heavy atom. The van der Waals surface area contributed by atoms with E-state index in [2.05, 4.69) is 17.2 Å². The number of rotatable bonds is 5. The number of aromatic nitrogens is 1. The fourth-order valence-electron chi connectivity index (χ4n) is 1.89. The number of amides is 1. The van der Waals surface area contributed by atoms with Crippen LogP contribution in [0.4, 0.5) is 11.4 Å². The molecule has 1 aromatic heterocycles. The molecule has 1 aromatic carbocycles. The number of carbonyl (C=O) groups is 1. The minimum absolute atomic E-state index is 0.0192. The van der Waals surface area contributed by atoms with Gasteiger partial charge in [0.1, 0.15) is 5.01 Å². The molecule has 1 heterocycles. The minimum Gasteiger partial charge on any atom is -0.396 e. The molecule has 2 aromatic rings. The Hall–Kier alpha value is -2.08. The van der Waals surface area contributed by atoms with Crippen molar-refractivity contribution < 1.29 is 4.79 Å². The summed E-state index contributed by atoms with van der Waals surface area (Å²) in [6.45, 7) is 4.11. The van der Waals surface area contributed by atoms with Crippen molar-refractivity contribution in [2.24, 2.45) is 5.73 Å². The first kappa shape index (κ1) is 14.3. The first-order valence-electron chi connectivity index (χ1n) is 6.42. The van der Waals surface area contributed by atoms with Crippen LogP contribution in [0.5, 0.6) is 0 Å². The van der Waals surface area contributed by atoms with E-state index in [4.69, 9.17) is 11.5 Å². The fourth-order valence-corrected chi connectivity index (χ4v) is 2.75. The number of hydrogen-bond donors (Lipinski definition) is 3. The third-order valence-corrected chi connectivity index (χ3v) is 4.36. The summed E-state index contributed by atoms with van der Waals surface area (Å²) >= 11 is 1.67. The number of nitrogens with two attached hydrogens (primary N) is 2. The highest BCUT2D eigenvalue weighted by molar-refractivity contribution is 7.11. The first-order valence-corrected chi connectivity index (χ1v) is 7.24. The maximum atomic E-state index is 11.3. The van der Waals surface area contributed by atoms with Crippen molar-refractivity contribution in [2.45, 2.75) is 26.3 Å². The van der Waals surface area contributed by atoms with Gasteiger partial charge in [0.2, 0.25) is 0 Å². The van der Waals surface area contributed by atoms with E-state index in [1.54, 1.807) is 23.5 Å². The maximum absolute atomic E-state index is 11.3. The molecular weight excluding hydrogens is 272 g/mol. The Morgan fingerprint density at radius 3 is 2.85 bits per heavy atom. The number of anilines is 2. The van der Waals surface area contributed by atoms with Gasteiger partial charge < -0.3 is 16.8 Å². The Kier molecular flexibility index (Phi) is 4.24. The normalized spacial score (nSPS) is 12.1. The summed E-state index contributed by atoms with van der Waals surface area (Å²) in [7, 11) is 0. The van der Waals surface area contributed by atoms with Crippen LogP contribution >= 0.6 is 11.3 Å². The van der Waals surface area contributed by atoms with Crippen LogP contribution in [-0.4, -0.2) is 10.9 Å². The number of hydrogen-bond acceptors (Lipinski definition) is 5. The molecule has 2 rings (SSSR count). The van der Waals surface area contributed by atoms with Gasteiger partial charge in [-0.2, -0.15) is 0 Å².